The van der Waals surface area contributed by atoms with Crippen LogP contribution in [0.5, 0.6) is 0 Å². The predicted molar refractivity (Wildman–Crippen MR) is 135 cm³/mol. The first-order valence-corrected chi connectivity index (χ1v) is 10.4. The molecule has 4 heteroatoms. The van der Waals surface area contributed by atoms with Gasteiger partial charge in [-0.3, -0.25) is 9.59 Å². The Morgan fingerprint density at radius 3 is 1.12 bits per heavy atom. The van der Waals surface area contributed by atoms with E-state index in [1.165, 1.54) is 0 Å². The number of nitrogens with zero attached hydrogens (tertiary/aromatic N) is 2. The van der Waals surface area contributed by atoms with Crippen LogP contribution in [0, 0.1) is 0 Å². The van der Waals surface area contributed by atoms with Crippen molar-refractivity contribution in [2.45, 2.75) is 0 Å². The standard InChI is InChI=1S/C28H28N2O2/c1-29(2)25-15-5-21(6-16-25)9-19-27(31)23-11-13-24(14-12-23)28(32)20-10-22-7-17-26(18-8-22)30(3)4/h5-20H,1-4H3/b19-9-,20-10+. The summed E-state index contributed by atoms with van der Waals surface area (Å²) in [5.74, 6) is -0.200. The minimum Gasteiger partial charge on any atom is -0.378 e. The number of carbonyl (C=O) groups is 2. The van der Waals surface area contributed by atoms with E-state index in [0.29, 0.717) is 11.1 Å². The highest BCUT2D eigenvalue weighted by molar-refractivity contribution is 6.09. The fourth-order valence-corrected chi connectivity index (χ4v) is 3.10. The summed E-state index contributed by atoms with van der Waals surface area (Å²) in [5.41, 5.74) is 5.22. The van der Waals surface area contributed by atoms with Gasteiger partial charge in [0.25, 0.3) is 0 Å². The normalized spacial score (nSPS) is 11.1. The number of allylic oxidation sites excluding steroid dienone is 2. The lowest BCUT2D eigenvalue weighted by molar-refractivity contribution is 0.103. The van der Waals surface area contributed by atoms with Crippen LogP contribution >= 0.6 is 0 Å². The molecular formula is C28H28N2O2. The van der Waals surface area contributed by atoms with Gasteiger partial charge in [0.05, 0.1) is 0 Å². The fraction of sp³-hybridized carbons (Fsp3) is 0.143. The van der Waals surface area contributed by atoms with E-state index in [0.717, 1.165) is 22.5 Å². The van der Waals surface area contributed by atoms with Crippen LogP contribution in [-0.4, -0.2) is 39.8 Å². The monoisotopic (exact) mass is 424 g/mol. The maximum atomic E-state index is 12.5. The van der Waals surface area contributed by atoms with Crippen LogP contribution in [0.1, 0.15) is 31.8 Å². The summed E-state index contributed by atoms with van der Waals surface area (Å²) in [4.78, 5) is 29.0. The number of anilines is 2. The van der Waals surface area contributed by atoms with Crippen molar-refractivity contribution in [2.75, 3.05) is 38.0 Å². The van der Waals surface area contributed by atoms with Crippen LogP contribution in [0.2, 0.25) is 0 Å². The molecule has 0 heterocycles. The molecule has 0 atom stereocenters. The zero-order chi connectivity index (χ0) is 23.1. The molecule has 162 valence electrons. The summed E-state index contributed by atoms with van der Waals surface area (Å²) in [7, 11) is 7.95. The van der Waals surface area contributed by atoms with Gasteiger partial charge in [-0.25, -0.2) is 0 Å². The molecule has 3 aromatic rings. The van der Waals surface area contributed by atoms with Gasteiger partial charge < -0.3 is 9.80 Å². The zero-order valence-electron chi connectivity index (χ0n) is 18.9. The number of hydrogen-bond donors (Lipinski definition) is 0. The largest absolute Gasteiger partial charge is 0.378 e. The highest BCUT2D eigenvalue weighted by Crippen LogP contribution is 2.15. The lowest BCUT2D eigenvalue weighted by Crippen LogP contribution is -2.07. The number of hydrogen-bond acceptors (Lipinski definition) is 4. The van der Waals surface area contributed by atoms with Gasteiger partial charge in [-0.2, -0.15) is 0 Å². The van der Waals surface area contributed by atoms with Crippen molar-refractivity contribution in [2.24, 2.45) is 0 Å². The van der Waals surface area contributed by atoms with E-state index in [1.807, 2.05) is 86.5 Å². The molecule has 0 unspecified atom stereocenters. The number of benzene rings is 3. The number of ketones is 2. The minimum atomic E-state index is -0.0998. The summed E-state index contributed by atoms with van der Waals surface area (Å²) < 4.78 is 0. The van der Waals surface area contributed by atoms with Gasteiger partial charge in [-0.15, -0.1) is 0 Å². The van der Waals surface area contributed by atoms with Crippen molar-refractivity contribution in [1.82, 2.24) is 0 Å². The average molecular weight is 425 g/mol. The Morgan fingerprint density at radius 1 is 0.531 bits per heavy atom. The third kappa shape index (κ3) is 6.05. The molecule has 0 aliphatic heterocycles. The Balaban J connectivity index is 1.61. The van der Waals surface area contributed by atoms with E-state index in [4.69, 9.17) is 0 Å². The number of rotatable bonds is 8. The summed E-state index contributed by atoms with van der Waals surface area (Å²) in [6.45, 7) is 0. The van der Waals surface area contributed by atoms with E-state index in [-0.39, 0.29) is 11.6 Å². The Kier molecular flexibility index (Phi) is 7.40. The Labute approximate surface area is 190 Å². The van der Waals surface area contributed by atoms with E-state index < -0.39 is 0 Å². The molecule has 0 amide bonds. The molecule has 3 aromatic carbocycles. The summed E-state index contributed by atoms with van der Waals surface area (Å²) >= 11 is 0. The van der Waals surface area contributed by atoms with Gasteiger partial charge in [0.15, 0.2) is 11.6 Å². The summed E-state index contributed by atoms with van der Waals surface area (Å²) in [6.07, 6.45) is 6.70. The van der Waals surface area contributed by atoms with E-state index in [1.54, 1.807) is 48.6 Å². The third-order valence-electron chi connectivity index (χ3n) is 5.13. The molecule has 0 fully saturated rings. The average Bonchev–Trinajstić information content (AvgIpc) is 2.81. The lowest BCUT2D eigenvalue weighted by Gasteiger charge is -2.11. The molecular weight excluding hydrogens is 396 g/mol. The van der Waals surface area contributed by atoms with Crippen LogP contribution in [0.15, 0.2) is 84.9 Å². The molecule has 0 aromatic heterocycles. The quantitative estimate of drug-likeness (QED) is 0.348. The second-order valence-electron chi connectivity index (χ2n) is 7.94. The van der Waals surface area contributed by atoms with Crippen molar-refractivity contribution >= 4 is 35.1 Å². The summed E-state index contributed by atoms with van der Waals surface area (Å²) in [6, 6.07) is 22.7. The smallest absolute Gasteiger partial charge is 0.185 e. The molecule has 0 aliphatic rings. The zero-order valence-corrected chi connectivity index (χ0v) is 18.9. The van der Waals surface area contributed by atoms with Crippen molar-refractivity contribution in [3.63, 3.8) is 0 Å². The van der Waals surface area contributed by atoms with Crippen LogP contribution < -0.4 is 9.80 Å². The van der Waals surface area contributed by atoms with Gasteiger partial charge >= 0.3 is 0 Å². The van der Waals surface area contributed by atoms with Crippen molar-refractivity contribution in [3.8, 4) is 0 Å². The molecule has 0 N–H and O–H groups in total. The predicted octanol–water partition coefficient (Wildman–Crippen LogP) is 5.61. The molecule has 0 bridgehead atoms. The van der Waals surface area contributed by atoms with Gasteiger partial charge in [0, 0.05) is 50.7 Å². The van der Waals surface area contributed by atoms with E-state index in [2.05, 4.69) is 0 Å². The van der Waals surface area contributed by atoms with Crippen molar-refractivity contribution in [3.05, 3.63) is 107 Å². The topological polar surface area (TPSA) is 40.6 Å². The number of carbonyl (C=O) groups excluding carboxylic acids is 2. The lowest BCUT2D eigenvalue weighted by atomic mass is 10.0. The van der Waals surface area contributed by atoms with Crippen LogP contribution in [0.25, 0.3) is 12.2 Å². The molecule has 32 heavy (non-hydrogen) atoms. The van der Waals surface area contributed by atoms with Crippen LogP contribution in [0.3, 0.4) is 0 Å². The molecule has 0 saturated carbocycles. The third-order valence-corrected chi connectivity index (χ3v) is 5.13. The first kappa shape index (κ1) is 22.8. The highest BCUT2D eigenvalue weighted by Gasteiger charge is 2.06. The van der Waals surface area contributed by atoms with Gasteiger partial charge in [0.1, 0.15) is 0 Å². The molecule has 0 spiro atoms. The van der Waals surface area contributed by atoms with E-state index in [9.17, 15) is 9.59 Å². The second kappa shape index (κ2) is 10.4. The Hall–Kier alpha value is -3.92. The molecule has 0 radical (unpaired) electrons. The fourth-order valence-electron chi connectivity index (χ4n) is 3.10. The van der Waals surface area contributed by atoms with Crippen molar-refractivity contribution in [1.29, 1.82) is 0 Å². The first-order chi connectivity index (χ1) is 15.3. The second-order valence-corrected chi connectivity index (χ2v) is 7.94. The van der Waals surface area contributed by atoms with Crippen LogP contribution in [-0.2, 0) is 0 Å². The maximum Gasteiger partial charge on any atom is 0.185 e. The molecule has 0 saturated heterocycles. The van der Waals surface area contributed by atoms with Gasteiger partial charge in [0.2, 0.25) is 0 Å². The molecule has 4 nitrogen and oxygen atoms in total. The molecule has 0 aliphatic carbocycles. The first-order valence-electron chi connectivity index (χ1n) is 10.4. The van der Waals surface area contributed by atoms with Gasteiger partial charge in [-0.05, 0) is 47.5 Å². The summed E-state index contributed by atoms with van der Waals surface area (Å²) in [5, 5.41) is 0. The highest BCUT2D eigenvalue weighted by atomic mass is 16.1. The maximum absolute atomic E-state index is 12.5. The Bertz CT molecular complexity index is 1030. The van der Waals surface area contributed by atoms with Crippen molar-refractivity contribution < 1.29 is 9.59 Å². The Morgan fingerprint density at radius 2 is 0.844 bits per heavy atom. The van der Waals surface area contributed by atoms with Crippen LogP contribution in [0.4, 0.5) is 11.4 Å². The SMILES string of the molecule is CN(C)c1ccc(/C=C\C(=O)c2ccc(C(=O)/C=C/c3ccc(N(C)C)cc3)cc2)cc1. The molecule has 3 rings (SSSR count). The van der Waals surface area contributed by atoms with Gasteiger partial charge in [-0.1, -0.05) is 60.7 Å². The minimum absolute atomic E-state index is 0.0998. The van der Waals surface area contributed by atoms with E-state index >= 15 is 0 Å².